The van der Waals surface area contributed by atoms with Gasteiger partial charge in [0, 0.05) is 6.07 Å². The van der Waals surface area contributed by atoms with Crippen molar-refractivity contribution in [1.29, 1.82) is 0 Å². The number of fused-ring (bicyclic) bond motifs is 1. The number of ether oxygens (including phenoxy) is 2. The molecule has 0 aliphatic carbocycles. The smallest absolute Gasteiger partial charge is 0.231 e. The van der Waals surface area contributed by atoms with E-state index in [-0.39, 0.29) is 32.9 Å². The molecule has 32 heavy (non-hydrogen) atoms. The van der Waals surface area contributed by atoms with Gasteiger partial charge in [0.25, 0.3) is 0 Å². The predicted octanol–water partition coefficient (Wildman–Crippen LogP) is 6.88. The van der Waals surface area contributed by atoms with E-state index in [9.17, 15) is 26.7 Å². The zero-order chi connectivity index (χ0) is 23.2. The maximum Gasteiger partial charge on any atom is 0.231 e. The number of Topliss-reactive ketones (excluding diaryl/α,β-unsaturated/α-hetero) is 1. The van der Waals surface area contributed by atoms with Crippen LogP contribution in [-0.2, 0) is 6.61 Å². The lowest BCUT2D eigenvalue weighted by Crippen LogP contribution is -2.09. The Labute approximate surface area is 187 Å². The number of hydrogen-bond acceptors (Lipinski definition) is 3. The van der Waals surface area contributed by atoms with Crippen LogP contribution >= 0.6 is 23.2 Å². The van der Waals surface area contributed by atoms with Crippen LogP contribution in [-0.4, -0.2) is 5.78 Å². The van der Waals surface area contributed by atoms with Crippen LogP contribution in [0.4, 0.5) is 22.0 Å². The number of ketones is 1. The molecule has 0 aromatic heterocycles. The van der Waals surface area contributed by atoms with Crippen molar-refractivity contribution >= 4 is 35.1 Å². The molecule has 0 radical (unpaired) electrons. The van der Waals surface area contributed by atoms with E-state index in [4.69, 9.17) is 32.7 Å². The number of carbonyl (C=O) groups excluding carboxylic acids is 1. The van der Waals surface area contributed by atoms with E-state index < -0.39 is 47.0 Å². The van der Waals surface area contributed by atoms with E-state index >= 15 is 0 Å². The maximum absolute atomic E-state index is 13.8. The molecule has 10 heteroatoms. The molecule has 0 N–H and O–H groups in total. The third kappa shape index (κ3) is 3.80. The second-order valence-corrected chi connectivity index (χ2v) is 7.36. The van der Waals surface area contributed by atoms with E-state index in [2.05, 4.69) is 0 Å². The van der Waals surface area contributed by atoms with Gasteiger partial charge in [-0.3, -0.25) is 4.79 Å². The Morgan fingerprint density at radius 3 is 2.25 bits per heavy atom. The van der Waals surface area contributed by atoms with E-state index in [0.29, 0.717) is 5.56 Å². The fourth-order valence-corrected chi connectivity index (χ4v) is 3.33. The molecule has 0 unspecified atom stereocenters. The average Bonchev–Trinajstić information content (AvgIpc) is 3.08. The second-order valence-electron chi connectivity index (χ2n) is 6.58. The molecule has 164 valence electrons. The van der Waals surface area contributed by atoms with Gasteiger partial charge in [0.15, 0.2) is 29.0 Å². The van der Waals surface area contributed by atoms with Gasteiger partial charge in [-0.05, 0) is 29.8 Å². The maximum atomic E-state index is 13.8. The highest BCUT2D eigenvalue weighted by Gasteiger charge is 2.29. The Morgan fingerprint density at radius 2 is 1.56 bits per heavy atom. The monoisotopic (exact) mass is 486 g/mol. The van der Waals surface area contributed by atoms with E-state index in [1.54, 1.807) is 18.2 Å². The van der Waals surface area contributed by atoms with Crippen molar-refractivity contribution in [3.05, 3.63) is 98.0 Å². The summed E-state index contributed by atoms with van der Waals surface area (Å²) in [5.41, 5.74) is -0.508. The molecule has 3 aromatic carbocycles. The Morgan fingerprint density at radius 1 is 0.906 bits per heavy atom. The molecule has 1 aliphatic rings. The average molecular weight is 487 g/mol. The van der Waals surface area contributed by atoms with Crippen LogP contribution in [0.2, 0.25) is 10.0 Å². The third-order valence-corrected chi connectivity index (χ3v) is 5.43. The third-order valence-electron chi connectivity index (χ3n) is 4.59. The summed E-state index contributed by atoms with van der Waals surface area (Å²) >= 11 is 12.1. The molecule has 3 nitrogen and oxygen atoms in total. The van der Waals surface area contributed by atoms with Gasteiger partial charge < -0.3 is 9.47 Å². The summed E-state index contributed by atoms with van der Waals surface area (Å²) in [7, 11) is 0. The van der Waals surface area contributed by atoms with Crippen LogP contribution in [0, 0.1) is 29.1 Å². The summed E-state index contributed by atoms with van der Waals surface area (Å²) in [6, 6.07) is 8.72. The lowest BCUT2D eigenvalue weighted by Gasteiger charge is -2.10. The lowest BCUT2D eigenvalue weighted by molar-refractivity contribution is 0.101. The molecule has 0 amide bonds. The molecule has 0 bridgehead atoms. The number of hydrogen-bond donors (Lipinski definition) is 0. The van der Waals surface area contributed by atoms with Gasteiger partial charge in [0.2, 0.25) is 11.6 Å². The fourth-order valence-electron chi connectivity index (χ4n) is 2.96. The molecule has 3 aromatic rings. The molecule has 0 atom stereocenters. The van der Waals surface area contributed by atoms with Crippen molar-refractivity contribution in [3.8, 4) is 11.5 Å². The summed E-state index contributed by atoms with van der Waals surface area (Å²) < 4.78 is 78.1. The van der Waals surface area contributed by atoms with E-state index in [0.717, 1.165) is 0 Å². The summed E-state index contributed by atoms with van der Waals surface area (Å²) in [5, 5.41) is 0.508. The van der Waals surface area contributed by atoms with E-state index in [1.165, 1.54) is 24.3 Å². The minimum atomic E-state index is -2.26. The Bertz CT molecular complexity index is 1280. The minimum absolute atomic E-state index is 0.0254. The lowest BCUT2D eigenvalue weighted by atomic mass is 10.1. The molecular formula is C22H9Cl2F5O3. The first-order valence-electron chi connectivity index (χ1n) is 8.84. The van der Waals surface area contributed by atoms with Crippen molar-refractivity contribution in [1.82, 2.24) is 0 Å². The number of carbonyl (C=O) groups is 1. The highest BCUT2D eigenvalue weighted by Crippen LogP contribution is 2.36. The predicted molar refractivity (Wildman–Crippen MR) is 106 cm³/mol. The van der Waals surface area contributed by atoms with Gasteiger partial charge in [0.05, 0.1) is 21.2 Å². The van der Waals surface area contributed by atoms with E-state index in [1.807, 2.05) is 0 Å². The Balaban J connectivity index is 1.58. The second kappa shape index (κ2) is 8.44. The number of allylic oxidation sites excluding steroid dienone is 1. The van der Waals surface area contributed by atoms with Gasteiger partial charge in [0.1, 0.15) is 18.1 Å². The Kier molecular flexibility index (Phi) is 5.83. The molecule has 0 saturated heterocycles. The topological polar surface area (TPSA) is 35.5 Å². The quantitative estimate of drug-likeness (QED) is 0.174. The van der Waals surface area contributed by atoms with Crippen molar-refractivity contribution in [3.63, 3.8) is 0 Å². The molecule has 4 rings (SSSR count). The first-order chi connectivity index (χ1) is 15.2. The zero-order valence-corrected chi connectivity index (χ0v) is 17.1. The number of halogens is 7. The summed E-state index contributed by atoms with van der Waals surface area (Å²) in [6.07, 6.45) is 1.39. The largest absolute Gasteiger partial charge is 0.489 e. The fraction of sp³-hybridized carbons (Fsp3) is 0.0455. The summed E-state index contributed by atoms with van der Waals surface area (Å²) in [4.78, 5) is 12.6. The van der Waals surface area contributed by atoms with Crippen LogP contribution < -0.4 is 9.47 Å². The van der Waals surface area contributed by atoms with Crippen LogP contribution in [0.1, 0.15) is 21.5 Å². The first-order valence-corrected chi connectivity index (χ1v) is 9.60. The van der Waals surface area contributed by atoms with Crippen LogP contribution in [0.15, 0.2) is 42.2 Å². The number of benzene rings is 3. The highest BCUT2D eigenvalue weighted by molar-refractivity contribution is 6.43. The van der Waals surface area contributed by atoms with Gasteiger partial charge in [-0.2, -0.15) is 0 Å². The SMILES string of the molecule is O=C1/C(=C/c2cccc(Cl)c2Cl)Oc2cc(OCc3c(F)c(F)c(F)c(F)c3F)ccc21. The van der Waals surface area contributed by atoms with Crippen molar-refractivity contribution < 1.29 is 36.2 Å². The van der Waals surface area contributed by atoms with Crippen LogP contribution in [0.5, 0.6) is 11.5 Å². The molecule has 0 fully saturated rings. The standard InChI is InChI=1S/C22H9Cl2F5O3/c23-13-3-1-2-9(16(13)24)6-15-22(30)11-5-4-10(7-14(11)32-15)31-8-12-17(25)19(27)21(29)20(28)18(12)26/h1-7H,8H2/b15-6-. The molecule has 1 aliphatic heterocycles. The summed E-state index contributed by atoms with van der Waals surface area (Å²) in [5.74, 6) is -10.8. The normalized spacial score (nSPS) is 14.0. The van der Waals surface area contributed by atoms with Crippen LogP contribution in [0.25, 0.3) is 6.08 Å². The van der Waals surface area contributed by atoms with Gasteiger partial charge in [-0.1, -0.05) is 35.3 Å². The van der Waals surface area contributed by atoms with Crippen molar-refractivity contribution in [2.24, 2.45) is 0 Å². The van der Waals surface area contributed by atoms with Gasteiger partial charge in [-0.15, -0.1) is 0 Å². The van der Waals surface area contributed by atoms with Gasteiger partial charge >= 0.3 is 0 Å². The molecule has 0 saturated carbocycles. The number of rotatable bonds is 4. The Hall–Kier alpha value is -3.10. The summed E-state index contributed by atoms with van der Waals surface area (Å²) in [6.45, 7) is -0.945. The minimum Gasteiger partial charge on any atom is -0.489 e. The highest BCUT2D eigenvalue weighted by atomic mass is 35.5. The molecular weight excluding hydrogens is 478 g/mol. The van der Waals surface area contributed by atoms with Crippen molar-refractivity contribution in [2.75, 3.05) is 0 Å². The first kappa shape index (κ1) is 22.1. The van der Waals surface area contributed by atoms with Crippen molar-refractivity contribution in [2.45, 2.75) is 6.61 Å². The zero-order valence-electron chi connectivity index (χ0n) is 15.6. The molecule has 1 heterocycles. The van der Waals surface area contributed by atoms with Crippen LogP contribution in [0.3, 0.4) is 0 Å². The molecule has 0 spiro atoms. The van der Waals surface area contributed by atoms with Gasteiger partial charge in [-0.25, -0.2) is 22.0 Å².